The molecular formula is C15H23N3O. The third-order valence-corrected chi connectivity index (χ3v) is 3.51. The van der Waals surface area contributed by atoms with Crippen LogP contribution in [-0.2, 0) is 13.1 Å². The second-order valence-electron chi connectivity index (χ2n) is 5.47. The zero-order valence-electron chi connectivity index (χ0n) is 12.0. The quantitative estimate of drug-likeness (QED) is 0.839. The average Bonchev–Trinajstić information content (AvgIpc) is 2.74. The summed E-state index contributed by atoms with van der Waals surface area (Å²) in [6, 6.07) is 8.21. The number of hydrogen-bond donors (Lipinski definition) is 2. The topological polar surface area (TPSA) is 50.1 Å². The molecule has 0 aliphatic rings. The molecule has 0 aliphatic carbocycles. The molecule has 0 bridgehead atoms. The summed E-state index contributed by atoms with van der Waals surface area (Å²) >= 11 is 0. The molecule has 0 amide bonds. The van der Waals surface area contributed by atoms with Crippen molar-refractivity contribution in [3.63, 3.8) is 0 Å². The molecule has 0 spiro atoms. The van der Waals surface area contributed by atoms with Gasteiger partial charge in [-0.3, -0.25) is 0 Å². The van der Waals surface area contributed by atoms with Crippen LogP contribution in [0.2, 0.25) is 0 Å². The molecule has 0 saturated carbocycles. The highest BCUT2D eigenvalue weighted by atomic mass is 16.3. The van der Waals surface area contributed by atoms with Crippen LogP contribution in [0, 0.1) is 0 Å². The lowest BCUT2D eigenvalue weighted by molar-refractivity contribution is 0.229. The van der Waals surface area contributed by atoms with Crippen LogP contribution in [0.15, 0.2) is 24.3 Å². The second kappa shape index (κ2) is 5.72. The van der Waals surface area contributed by atoms with Gasteiger partial charge in [-0.2, -0.15) is 0 Å². The Morgan fingerprint density at radius 2 is 2.05 bits per heavy atom. The summed E-state index contributed by atoms with van der Waals surface area (Å²) in [7, 11) is 0. The zero-order chi connectivity index (χ0) is 13.9. The van der Waals surface area contributed by atoms with Gasteiger partial charge < -0.3 is 15.0 Å². The van der Waals surface area contributed by atoms with E-state index in [-0.39, 0.29) is 12.1 Å². The number of fused-ring (bicyclic) bond motifs is 1. The summed E-state index contributed by atoms with van der Waals surface area (Å²) in [6.45, 7) is 8.17. The van der Waals surface area contributed by atoms with Gasteiger partial charge in [0.1, 0.15) is 5.82 Å². The van der Waals surface area contributed by atoms with Crippen LogP contribution in [0.3, 0.4) is 0 Å². The molecule has 19 heavy (non-hydrogen) atoms. The summed E-state index contributed by atoms with van der Waals surface area (Å²) in [5.74, 6) is 1.05. The molecule has 4 nitrogen and oxygen atoms in total. The van der Waals surface area contributed by atoms with Crippen LogP contribution in [-0.4, -0.2) is 26.8 Å². The van der Waals surface area contributed by atoms with E-state index in [0.29, 0.717) is 0 Å². The Balaban J connectivity index is 2.21. The third kappa shape index (κ3) is 3.14. The minimum atomic E-state index is -0.0779. The fourth-order valence-electron chi connectivity index (χ4n) is 2.30. The first-order valence-corrected chi connectivity index (χ1v) is 6.87. The molecule has 1 heterocycles. The summed E-state index contributed by atoms with van der Waals surface area (Å²) in [6.07, 6.45) is 0.735. The van der Waals surface area contributed by atoms with Crippen LogP contribution in [0.5, 0.6) is 0 Å². The summed E-state index contributed by atoms with van der Waals surface area (Å²) in [5.41, 5.74) is 2.15. The molecule has 2 aromatic rings. The summed E-state index contributed by atoms with van der Waals surface area (Å²) < 4.78 is 2.23. The van der Waals surface area contributed by atoms with Crippen LogP contribution < -0.4 is 5.32 Å². The van der Waals surface area contributed by atoms with Crippen molar-refractivity contribution in [1.82, 2.24) is 14.9 Å². The van der Waals surface area contributed by atoms with Crippen molar-refractivity contribution < 1.29 is 5.11 Å². The van der Waals surface area contributed by atoms with Gasteiger partial charge in [0.25, 0.3) is 0 Å². The van der Waals surface area contributed by atoms with E-state index in [4.69, 9.17) is 5.11 Å². The van der Waals surface area contributed by atoms with Crippen molar-refractivity contribution in [2.24, 2.45) is 0 Å². The van der Waals surface area contributed by atoms with Crippen LogP contribution in [0.4, 0.5) is 0 Å². The van der Waals surface area contributed by atoms with Gasteiger partial charge in [0.05, 0.1) is 17.6 Å². The number of aliphatic hydroxyl groups excluding tert-OH is 1. The van der Waals surface area contributed by atoms with Crippen molar-refractivity contribution in [2.75, 3.05) is 6.61 Å². The smallest absolute Gasteiger partial charge is 0.123 e. The van der Waals surface area contributed by atoms with Gasteiger partial charge in [0.2, 0.25) is 0 Å². The van der Waals surface area contributed by atoms with Gasteiger partial charge >= 0.3 is 0 Å². The molecule has 2 rings (SSSR count). The Labute approximate surface area is 114 Å². The molecule has 104 valence electrons. The van der Waals surface area contributed by atoms with E-state index in [1.54, 1.807) is 0 Å². The van der Waals surface area contributed by atoms with Crippen molar-refractivity contribution in [2.45, 2.75) is 45.8 Å². The first-order valence-electron chi connectivity index (χ1n) is 6.87. The Morgan fingerprint density at radius 1 is 1.32 bits per heavy atom. The van der Waals surface area contributed by atoms with E-state index in [1.807, 2.05) is 18.2 Å². The van der Waals surface area contributed by atoms with Crippen molar-refractivity contribution >= 4 is 11.0 Å². The van der Waals surface area contributed by atoms with Crippen LogP contribution in [0.1, 0.15) is 33.0 Å². The van der Waals surface area contributed by atoms with Crippen LogP contribution >= 0.6 is 0 Å². The average molecular weight is 261 g/mol. The van der Waals surface area contributed by atoms with E-state index in [9.17, 15) is 0 Å². The maximum atomic E-state index is 9.05. The van der Waals surface area contributed by atoms with E-state index in [2.05, 4.69) is 41.7 Å². The van der Waals surface area contributed by atoms with E-state index >= 15 is 0 Å². The number of benzene rings is 1. The highest BCUT2D eigenvalue weighted by molar-refractivity contribution is 5.75. The molecular weight excluding hydrogens is 238 g/mol. The van der Waals surface area contributed by atoms with E-state index in [1.165, 1.54) is 5.52 Å². The van der Waals surface area contributed by atoms with Gasteiger partial charge in [-0.25, -0.2) is 4.98 Å². The highest BCUT2D eigenvalue weighted by Gasteiger charge is 2.17. The summed E-state index contributed by atoms with van der Waals surface area (Å²) in [4.78, 5) is 4.68. The number of rotatable bonds is 6. The number of nitrogens with zero attached hydrogens (tertiary/aromatic N) is 2. The van der Waals surface area contributed by atoms with Gasteiger partial charge in [-0.15, -0.1) is 0 Å². The van der Waals surface area contributed by atoms with Crippen LogP contribution in [0.25, 0.3) is 11.0 Å². The number of aromatic nitrogens is 2. The molecule has 0 aliphatic heterocycles. The molecule has 0 atom stereocenters. The monoisotopic (exact) mass is 261 g/mol. The van der Waals surface area contributed by atoms with Crippen molar-refractivity contribution in [3.8, 4) is 0 Å². The molecule has 1 aromatic carbocycles. The van der Waals surface area contributed by atoms with Gasteiger partial charge in [-0.05, 0) is 39.3 Å². The lowest BCUT2D eigenvalue weighted by Crippen LogP contribution is -2.40. The first kappa shape index (κ1) is 14.0. The van der Waals surface area contributed by atoms with Crippen molar-refractivity contribution in [1.29, 1.82) is 0 Å². The number of aryl methyl sites for hydroxylation is 1. The standard InChI is InChI=1S/C15H23N3O/c1-4-18-13-8-6-5-7-12(13)17-14(18)11-16-15(2,3)9-10-19/h5-8,16,19H,4,9-11H2,1-3H3. The second-order valence-corrected chi connectivity index (χ2v) is 5.47. The maximum absolute atomic E-state index is 9.05. The normalized spacial score (nSPS) is 12.2. The predicted octanol–water partition coefficient (Wildman–Crippen LogP) is 2.31. The highest BCUT2D eigenvalue weighted by Crippen LogP contribution is 2.17. The lowest BCUT2D eigenvalue weighted by atomic mass is 10.0. The minimum Gasteiger partial charge on any atom is -0.396 e. The molecule has 1 aromatic heterocycles. The minimum absolute atomic E-state index is 0.0779. The molecule has 2 N–H and O–H groups in total. The third-order valence-electron chi connectivity index (χ3n) is 3.51. The Bertz CT molecular complexity index is 545. The van der Waals surface area contributed by atoms with E-state index in [0.717, 1.165) is 30.9 Å². The Morgan fingerprint density at radius 3 is 2.74 bits per heavy atom. The Hall–Kier alpha value is -1.39. The largest absolute Gasteiger partial charge is 0.396 e. The van der Waals surface area contributed by atoms with Crippen molar-refractivity contribution in [3.05, 3.63) is 30.1 Å². The molecule has 4 heteroatoms. The van der Waals surface area contributed by atoms with Gasteiger partial charge in [-0.1, -0.05) is 12.1 Å². The Kier molecular flexibility index (Phi) is 4.22. The number of nitrogens with one attached hydrogen (secondary N) is 1. The molecule has 0 radical (unpaired) electrons. The first-order chi connectivity index (χ1) is 9.07. The SMILES string of the molecule is CCn1c(CNC(C)(C)CCO)nc2ccccc21. The number of hydrogen-bond acceptors (Lipinski definition) is 3. The molecule has 0 saturated heterocycles. The fraction of sp³-hybridized carbons (Fsp3) is 0.533. The van der Waals surface area contributed by atoms with Gasteiger partial charge in [0, 0.05) is 18.7 Å². The molecule has 0 fully saturated rings. The lowest BCUT2D eigenvalue weighted by Gasteiger charge is -2.25. The maximum Gasteiger partial charge on any atom is 0.123 e. The molecule has 0 unspecified atom stereocenters. The number of aliphatic hydroxyl groups is 1. The predicted molar refractivity (Wildman–Crippen MR) is 78.0 cm³/mol. The summed E-state index contributed by atoms with van der Waals surface area (Å²) in [5, 5.41) is 12.5. The number of imidazole rings is 1. The zero-order valence-corrected chi connectivity index (χ0v) is 12.0. The van der Waals surface area contributed by atoms with Gasteiger partial charge in [0.15, 0.2) is 0 Å². The van der Waals surface area contributed by atoms with E-state index < -0.39 is 0 Å². The fourth-order valence-corrected chi connectivity index (χ4v) is 2.30. The number of para-hydroxylation sites is 2.